The Labute approximate surface area is 68.8 Å². The average Bonchev–Trinajstić information content (AvgIpc) is 2.04. The van der Waals surface area contributed by atoms with E-state index in [4.69, 9.17) is 5.26 Å². The van der Waals surface area contributed by atoms with E-state index in [9.17, 15) is 14.0 Å². The summed E-state index contributed by atoms with van der Waals surface area (Å²) >= 11 is 0. The van der Waals surface area contributed by atoms with Crippen molar-refractivity contribution in [2.24, 2.45) is 0 Å². The molecule has 0 aromatic heterocycles. The van der Waals surface area contributed by atoms with Crippen LogP contribution in [0.1, 0.15) is 0 Å². The lowest BCUT2D eigenvalue weighted by Gasteiger charge is -2.02. The van der Waals surface area contributed by atoms with Gasteiger partial charge < -0.3 is 4.89 Å². The van der Waals surface area contributed by atoms with Crippen molar-refractivity contribution >= 4 is 24.5 Å². The summed E-state index contributed by atoms with van der Waals surface area (Å²) in [4.78, 5) is 10.1. The van der Waals surface area contributed by atoms with Crippen LogP contribution in [0, 0.1) is 0 Å². The molecule has 3 atom stereocenters. The van der Waals surface area contributed by atoms with Crippen LogP contribution < -0.4 is 4.89 Å². The molecular formula is H3O9P3. The summed E-state index contributed by atoms with van der Waals surface area (Å²) < 4.78 is 28.3. The van der Waals surface area contributed by atoms with Crippen molar-refractivity contribution in [1.29, 1.82) is 0 Å². The largest absolute Gasteiger partial charge is 0.599 e. The molecule has 0 aromatic carbocycles. The first kappa shape index (κ1) is 12.5. The van der Waals surface area contributed by atoms with Gasteiger partial charge in [0, 0.05) is 9.47 Å². The molecule has 0 radical (unpaired) electrons. The molecule has 0 aliphatic heterocycles. The quantitative estimate of drug-likeness (QED) is 0.301. The van der Waals surface area contributed by atoms with Gasteiger partial charge >= 0.3 is 15.0 Å². The van der Waals surface area contributed by atoms with Gasteiger partial charge in [0.25, 0.3) is 0 Å². The molecule has 0 spiro atoms. The highest BCUT2D eigenvalue weighted by Gasteiger charge is 2.43. The third-order valence-corrected chi connectivity index (χ3v) is 4.48. The molecule has 9 nitrogen and oxygen atoms in total. The van der Waals surface area contributed by atoms with Crippen LogP contribution in [0.2, 0.25) is 0 Å². The minimum Gasteiger partial charge on any atom is -0.587 e. The Hall–Kier alpha value is 0.480. The molecule has 12 heteroatoms. The zero-order valence-electron chi connectivity index (χ0n) is 5.18. The van der Waals surface area contributed by atoms with Crippen LogP contribution in [0.4, 0.5) is 0 Å². The molecule has 0 aromatic rings. The number of hydrogen-bond acceptors (Lipinski definition) is 9. The predicted molar refractivity (Wildman–Crippen MR) is 33.0 cm³/mol. The molecule has 12 heavy (non-hydrogen) atoms. The molecular weight excluding hydrogens is 237 g/mol. The molecule has 0 aliphatic rings. The van der Waals surface area contributed by atoms with E-state index in [0.29, 0.717) is 0 Å². The van der Waals surface area contributed by atoms with E-state index in [0.717, 1.165) is 0 Å². The highest BCUT2D eigenvalue weighted by atomic mass is 32.1. The van der Waals surface area contributed by atoms with Crippen molar-refractivity contribution in [3.8, 4) is 0 Å². The van der Waals surface area contributed by atoms with Gasteiger partial charge in [-0.15, -0.1) is 0 Å². The molecule has 0 heterocycles. The summed E-state index contributed by atoms with van der Waals surface area (Å²) in [7, 11) is -6.55. The van der Waals surface area contributed by atoms with E-state index in [1.54, 1.807) is 0 Å². The van der Waals surface area contributed by atoms with Crippen LogP contribution in [0.15, 0.2) is 0 Å². The first-order chi connectivity index (χ1) is 5.56. The summed E-state index contributed by atoms with van der Waals surface area (Å²) in [6.07, 6.45) is 0. The van der Waals surface area contributed by atoms with Gasteiger partial charge in [-0.05, 0) is 15.1 Å². The molecule has 0 aliphatic carbocycles. The first-order valence-electron chi connectivity index (χ1n) is 2.03. The lowest BCUT2D eigenvalue weighted by molar-refractivity contribution is -0.685. The van der Waals surface area contributed by atoms with Gasteiger partial charge in [-0.1, -0.05) is 9.24 Å². The summed E-state index contributed by atoms with van der Waals surface area (Å²) in [5, 5.41) is 16.8. The van der Waals surface area contributed by atoms with Crippen LogP contribution in [0.5, 0.6) is 0 Å². The predicted octanol–water partition coefficient (Wildman–Crippen LogP) is 0.288. The zero-order chi connectivity index (χ0) is 9.61. The Morgan fingerprint density at radius 1 is 1.50 bits per heavy atom. The van der Waals surface area contributed by atoms with E-state index in [-0.39, 0.29) is 0 Å². The molecule has 1 N–H and O–H groups in total. The van der Waals surface area contributed by atoms with Gasteiger partial charge in [-0.25, -0.2) is 9.82 Å². The third kappa shape index (κ3) is 3.93. The Morgan fingerprint density at radius 3 is 2.42 bits per heavy atom. The molecule has 0 amide bonds. The second-order valence-electron chi connectivity index (χ2n) is 1.10. The molecule has 0 saturated heterocycles. The first-order valence-corrected chi connectivity index (χ1v) is 5.93. The second kappa shape index (κ2) is 6.01. The molecule has 0 bridgehead atoms. The maximum atomic E-state index is 10.8. The lowest BCUT2D eigenvalue weighted by atomic mass is 14.3. The fourth-order valence-corrected chi connectivity index (χ4v) is 1.69. The van der Waals surface area contributed by atoms with Crippen LogP contribution in [0.25, 0.3) is 0 Å². The smallest absolute Gasteiger partial charge is 0.587 e. The van der Waals surface area contributed by atoms with Crippen LogP contribution >= 0.6 is 24.5 Å². The van der Waals surface area contributed by atoms with Gasteiger partial charge in [0.2, 0.25) is 0 Å². The van der Waals surface area contributed by atoms with E-state index >= 15 is 0 Å². The normalized spacial score (nSPS) is 17.1. The Balaban J connectivity index is 3.98. The van der Waals surface area contributed by atoms with E-state index in [1.807, 2.05) is 0 Å². The summed E-state index contributed by atoms with van der Waals surface area (Å²) in [6.45, 7) is 0. The van der Waals surface area contributed by atoms with Gasteiger partial charge in [0.05, 0.1) is 0 Å². The fourth-order valence-electron chi connectivity index (χ4n) is 0.147. The average molecular weight is 240 g/mol. The van der Waals surface area contributed by atoms with Crippen molar-refractivity contribution in [1.82, 2.24) is 0 Å². The molecule has 0 fully saturated rings. The molecule has 0 saturated carbocycles. The Morgan fingerprint density at radius 2 is 2.08 bits per heavy atom. The summed E-state index contributed by atoms with van der Waals surface area (Å²) in [5.74, 6) is 0. The van der Waals surface area contributed by atoms with Crippen LogP contribution in [-0.4, -0.2) is 5.26 Å². The third-order valence-electron chi connectivity index (χ3n) is 0.516. The van der Waals surface area contributed by atoms with Gasteiger partial charge in [-0.2, -0.15) is 0 Å². The molecule has 72 valence electrons. The Bertz CT molecular complexity index is 184. The monoisotopic (exact) mass is 240 g/mol. The van der Waals surface area contributed by atoms with Gasteiger partial charge in [0.1, 0.15) is 0 Å². The minimum atomic E-state index is -4.42. The molecule has 0 rings (SSSR count). The van der Waals surface area contributed by atoms with Crippen LogP contribution in [0.3, 0.4) is 0 Å². The van der Waals surface area contributed by atoms with Crippen molar-refractivity contribution in [2.75, 3.05) is 0 Å². The minimum absolute atomic E-state index is 1.39. The van der Waals surface area contributed by atoms with E-state index < -0.39 is 15.0 Å². The standard InChI is InChI=1S/H3O9P3/c1-5-6-7-8-12(4,9-10)11(2)3/h1H,10H2. The zero-order valence-corrected chi connectivity index (χ0v) is 8.13. The fraction of sp³-hybridized carbons (Fsp3) is 0. The lowest BCUT2D eigenvalue weighted by Crippen LogP contribution is -1.96. The topological polar surface area (TPSA) is 124 Å². The SMILES string of the molecule is O=[P+]([O-])P(=O)(OP)OOOOO. The van der Waals surface area contributed by atoms with Crippen molar-refractivity contribution in [2.45, 2.75) is 0 Å². The Kier molecular flexibility index (Phi) is 6.25. The summed E-state index contributed by atoms with van der Waals surface area (Å²) in [6, 6.07) is 0. The number of hydrogen-bond donors (Lipinski definition) is 1. The molecule has 3 unspecified atom stereocenters. The van der Waals surface area contributed by atoms with E-state index in [1.165, 1.54) is 9.47 Å². The highest BCUT2D eigenvalue weighted by molar-refractivity contribution is 8.20. The summed E-state index contributed by atoms with van der Waals surface area (Å²) in [5.41, 5.74) is 0. The van der Waals surface area contributed by atoms with Crippen LogP contribution in [-0.2, 0) is 33.2 Å². The maximum Gasteiger partial charge on any atom is 0.599 e. The van der Waals surface area contributed by atoms with Crippen molar-refractivity contribution in [3.05, 3.63) is 0 Å². The van der Waals surface area contributed by atoms with E-state index in [2.05, 4.69) is 24.1 Å². The number of rotatable bonds is 6. The van der Waals surface area contributed by atoms with Crippen molar-refractivity contribution in [3.63, 3.8) is 0 Å². The second-order valence-corrected chi connectivity index (χ2v) is 5.95. The maximum absolute atomic E-state index is 10.8. The highest BCUT2D eigenvalue weighted by Crippen LogP contribution is 2.67. The van der Waals surface area contributed by atoms with Gasteiger partial charge in [-0.3, -0.25) is 4.31 Å². The van der Waals surface area contributed by atoms with Gasteiger partial charge in [0.15, 0.2) is 0 Å². The van der Waals surface area contributed by atoms with Crippen molar-refractivity contribution < 1.29 is 43.4 Å².